The Kier molecular flexibility index (Phi) is 4.17. The van der Waals surface area contributed by atoms with Crippen LogP contribution in [-0.2, 0) is 6.54 Å². The number of para-hydroxylation sites is 1. The number of imidazole rings is 1. The molecule has 0 aliphatic carbocycles. The summed E-state index contributed by atoms with van der Waals surface area (Å²) in [5, 5.41) is 7.05. The molecule has 1 fully saturated rings. The van der Waals surface area contributed by atoms with Crippen LogP contribution in [0, 0.1) is 6.92 Å². The van der Waals surface area contributed by atoms with Crippen molar-refractivity contribution in [3.8, 4) is 5.69 Å². The van der Waals surface area contributed by atoms with Gasteiger partial charge in [0.25, 0.3) is 0 Å². The third kappa shape index (κ3) is 2.99. The minimum absolute atomic E-state index is 0.576. The number of aromatic nitrogens is 4. The standard InChI is InChI=1S/C19H23N5/c1-15-20-12-19(24(15)18-7-3-2-4-8-18)14-23-9-5-6-16(13-23)17-10-21-22-11-17/h2-4,7-8,10-12,16H,5-6,9,13-14H2,1H3,(H,21,22)/t16-/m1/s1. The molecule has 4 rings (SSSR count). The lowest BCUT2D eigenvalue weighted by Crippen LogP contribution is -2.34. The minimum atomic E-state index is 0.576. The highest BCUT2D eigenvalue weighted by Crippen LogP contribution is 2.27. The first-order valence-electron chi connectivity index (χ1n) is 8.61. The normalized spacial score (nSPS) is 18.8. The molecule has 2 aromatic heterocycles. The first kappa shape index (κ1) is 15.1. The quantitative estimate of drug-likeness (QED) is 0.802. The van der Waals surface area contributed by atoms with Gasteiger partial charge in [0.1, 0.15) is 5.82 Å². The van der Waals surface area contributed by atoms with Crippen LogP contribution in [0.3, 0.4) is 0 Å². The lowest BCUT2D eigenvalue weighted by Gasteiger charge is -2.32. The molecular formula is C19H23N5. The first-order valence-corrected chi connectivity index (χ1v) is 8.61. The Morgan fingerprint density at radius 2 is 2.08 bits per heavy atom. The van der Waals surface area contributed by atoms with E-state index in [-0.39, 0.29) is 0 Å². The summed E-state index contributed by atoms with van der Waals surface area (Å²) in [6.45, 7) is 5.23. The molecule has 0 unspecified atom stereocenters. The maximum Gasteiger partial charge on any atom is 0.110 e. The van der Waals surface area contributed by atoms with Crippen molar-refractivity contribution in [2.45, 2.75) is 32.2 Å². The molecule has 5 nitrogen and oxygen atoms in total. The second kappa shape index (κ2) is 6.61. The lowest BCUT2D eigenvalue weighted by atomic mass is 9.93. The summed E-state index contributed by atoms with van der Waals surface area (Å²) >= 11 is 0. The van der Waals surface area contributed by atoms with Crippen LogP contribution < -0.4 is 0 Å². The topological polar surface area (TPSA) is 49.7 Å². The largest absolute Gasteiger partial charge is 0.300 e. The van der Waals surface area contributed by atoms with Crippen molar-refractivity contribution in [2.75, 3.05) is 13.1 Å². The molecule has 0 amide bonds. The predicted octanol–water partition coefficient (Wildman–Crippen LogP) is 3.28. The maximum atomic E-state index is 4.55. The van der Waals surface area contributed by atoms with Gasteiger partial charge in [0, 0.05) is 25.0 Å². The van der Waals surface area contributed by atoms with E-state index in [9.17, 15) is 0 Å². The predicted molar refractivity (Wildman–Crippen MR) is 94.1 cm³/mol. The monoisotopic (exact) mass is 321 g/mol. The summed E-state index contributed by atoms with van der Waals surface area (Å²) in [5.74, 6) is 1.62. The van der Waals surface area contributed by atoms with Gasteiger partial charge in [-0.3, -0.25) is 14.6 Å². The number of hydrogen-bond donors (Lipinski definition) is 1. The second-order valence-corrected chi connectivity index (χ2v) is 6.57. The summed E-state index contributed by atoms with van der Waals surface area (Å²) in [6, 6.07) is 10.5. The molecule has 1 saturated heterocycles. The summed E-state index contributed by atoms with van der Waals surface area (Å²) in [6.07, 6.45) is 8.49. The van der Waals surface area contributed by atoms with Gasteiger partial charge in [-0.25, -0.2) is 4.98 Å². The van der Waals surface area contributed by atoms with Crippen molar-refractivity contribution < 1.29 is 0 Å². The molecule has 1 aromatic carbocycles. The van der Waals surface area contributed by atoms with Crippen molar-refractivity contribution in [3.63, 3.8) is 0 Å². The Hall–Kier alpha value is -2.40. The zero-order valence-electron chi connectivity index (χ0n) is 14.0. The fourth-order valence-electron chi connectivity index (χ4n) is 3.72. The first-order chi connectivity index (χ1) is 11.8. The Morgan fingerprint density at radius 1 is 1.21 bits per heavy atom. The second-order valence-electron chi connectivity index (χ2n) is 6.57. The number of piperidine rings is 1. The van der Waals surface area contributed by atoms with Crippen LogP contribution in [0.5, 0.6) is 0 Å². The zero-order chi connectivity index (χ0) is 16.4. The molecule has 3 aromatic rings. The van der Waals surface area contributed by atoms with Crippen LogP contribution >= 0.6 is 0 Å². The van der Waals surface area contributed by atoms with Crippen LogP contribution in [0.2, 0.25) is 0 Å². The molecule has 0 radical (unpaired) electrons. The van der Waals surface area contributed by atoms with Gasteiger partial charge in [-0.1, -0.05) is 18.2 Å². The van der Waals surface area contributed by atoms with E-state index in [0.717, 1.165) is 25.5 Å². The molecule has 1 N–H and O–H groups in total. The zero-order valence-corrected chi connectivity index (χ0v) is 14.0. The number of hydrogen-bond acceptors (Lipinski definition) is 3. The lowest BCUT2D eigenvalue weighted by molar-refractivity contribution is 0.197. The fourth-order valence-corrected chi connectivity index (χ4v) is 3.72. The number of aryl methyl sites for hydroxylation is 1. The number of nitrogens with zero attached hydrogens (tertiary/aromatic N) is 4. The highest BCUT2D eigenvalue weighted by Gasteiger charge is 2.23. The van der Waals surface area contributed by atoms with Crippen LogP contribution in [0.1, 0.15) is 35.8 Å². The van der Waals surface area contributed by atoms with E-state index >= 15 is 0 Å². The van der Waals surface area contributed by atoms with Crippen molar-refractivity contribution >= 4 is 0 Å². The van der Waals surface area contributed by atoms with Gasteiger partial charge in [-0.2, -0.15) is 5.10 Å². The number of H-pyrrole nitrogens is 1. The molecule has 0 bridgehead atoms. The Balaban J connectivity index is 1.54. The molecule has 124 valence electrons. The third-order valence-electron chi connectivity index (χ3n) is 4.91. The summed E-state index contributed by atoms with van der Waals surface area (Å²) < 4.78 is 2.27. The van der Waals surface area contributed by atoms with Crippen molar-refractivity contribution in [2.24, 2.45) is 0 Å². The van der Waals surface area contributed by atoms with Gasteiger partial charge in [0.05, 0.1) is 18.1 Å². The van der Waals surface area contributed by atoms with E-state index in [2.05, 4.69) is 61.9 Å². The van der Waals surface area contributed by atoms with E-state index in [1.807, 2.05) is 18.6 Å². The minimum Gasteiger partial charge on any atom is -0.300 e. The molecular weight excluding hydrogens is 298 g/mol. The van der Waals surface area contributed by atoms with E-state index < -0.39 is 0 Å². The van der Waals surface area contributed by atoms with Crippen LogP contribution in [-0.4, -0.2) is 37.7 Å². The smallest absolute Gasteiger partial charge is 0.110 e. The van der Waals surface area contributed by atoms with Crippen molar-refractivity contribution in [1.29, 1.82) is 0 Å². The van der Waals surface area contributed by atoms with E-state index in [1.165, 1.54) is 29.8 Å². The van der Waals surface area contributed by atoms with E-state index in [4.69, 9.17) is 0 Å². The Bertz CT molecular complexity index is 775. The number of nitrogens with one attached hydrogen (secondary N) is 1. The van der Waals surface area contributed by atoms with Gasteiger partial charge in [-0.15, -0.1) is 0 Å². The Labute approximate surface area is 142 Å². The van der Waals surface area contributed by atoms with Gasteiger partial charge in [-0.05, 0) is 49.9 Å². The number of likely N-dealkylation sites (tertiary alicyclic amines) is 1. The van der Waals surface area contributed by atoms with Gasteiger partial charge in [0.2, 0.25) is 0 Å². The summed E-state index contributed by atoms with van der Waals surface area (Å²) in [4.78, 5) is 7.09. The average Bonchev–Trinajstić information content (AvgIpc) is 3.26. The number of aromatic amines is 1. The van der Waals surface area contributed by atoms with Gasteiger partial charge in [0.15, 0.2) is 0 Å². The highest BCUT2D eigenvalue weighted by molar-refractivity contribution is 5.35. The highest BCUT2D eigenvalue weighted by atomic mass is 15.2. The molecule has 0 spiro atoms. The molecule has 1 atom stereocenters. The van der Waals surface area contributed by atoms with Crippen molar-refractivity contribution in [3.05, 3.63) is 66.0 Å². The molecule has 5 heteroatoms. The van der Waals surface area contributed by atoms with E-state index in [1.54, 1.807) is 0 Å². The van der Waals surface area contributed by atoms with Crippen LogP contribution in [0.4, 0.5) is 0 Å². The fraction of sp³-hybridized carbons (Fsp3) is 0.368. The summed E-state index contributed by atoms with van der Waals surface area (Å²) in [7, 11) is 0. The van der Waals surface area contributed by atoms with Crippen molar-refractivity contribution in [1.82, 2.24) is 24.6 Å². The molecule has 3 heterocycles. The molecule has 24 heavy (non-hydrogen) atoms. The number of rotatable bonds is 4. The molecule has 1 aliphatic heterocycles. The maximum absolute atomic E-state index is 4.55. The van der Waals surface area contributed by atoms with Crippen LogP contribution in [0.15, 0.2) is 48.9 Å². The van der Waals surface area contributed by atoms with Crippen LogP contribution in [0.25, 0.3) is 5.69 Å². The van der Waals surface area contributed by atoms with Gasteiger partial charge < -0.3 is 0 Å². The van der Waals surface area contributed by atoms with Gasteiger partial charge >= 0.3 is 0 Å². The van der Waals surface area contributed by atoms with E-state index in [0.29, 0.717) is 5.92 Å². The molecule has 1 aliphatic rings. The summed E-state index contributed by atoms with van der Waals surface area (Å²) in [5.41, 5.74) is 3.77. The molecule has 0 saturated carbocycles. The third-order valence-corrected chi connectivity index (χ3v) is 4.91. The Morgan fingerprint density at radius 3 is 2.88 bits per heavy atom. The SMILES string of the molecule is Cc1ncc(CN2CCC[C@@H](c3cn[nH]c3)C2)n1-c1ccccc1. The number of benzene rings is 1. The average molecular weight is 321 g/mol.